The Kier molecular flexibility index (Phi) is 8.53. The molecule has 0 saturated carbocycles. The van der Waals surface area contributed by atoms with Gasteiger partial charge in [-0.05, 0) is 48.9 Å². The molecule has 0 radical (unpaired) electrons. The summed E-state index contributed by atoms with van der Waals surface area (Å²) in [5, 5.41) is 15.6. The highest BCUT2D eigenvalue weighted by Gasteiger charge is 2.30. The van der Waals surface area contributed by atoms with Crippen LogP contribution >= 0.6 is 11.8 Å². The number of aliphatic carboxylic acids is 2. The Balaban J connectivity index is 0.000000350. The van der Waals surface area contributed by atoms with E-state index < -0.39 is 21.8 Å². The fourth-order valence-electron chi connectivity index (χ4n) is 3.92. The van der Waals surface area contributed by atoms with Gasteiger partial charge in [-0.1, -0.05) is 30.0 Å². The molecule has 10 heteroatoms. The van der Waals surface area contributed by atoms with Crippen LogP contribution in [0.25, 0.3) is 0 Å². The SMILES string of the molecule is CN1CCN(C2Cc3ccccc3Sc3ccc(S(C)(=O)=O)cc32)CC1.O=C(O)/C=C\C(=O)O. The first kappa shape index (κ1) is 26.0. The van der Waals surface area contributed by atoms with Crippen molar-refractivity contribution in [1.82, 2.24) is 9.80 Å². The van der Waals surface area contributed by atoms with E-state index in [2.05, 4.69) is 41.1 Å². The number of hydrogen-bond donors (Lipinski definition) is 2. The zero-order valence-corrected chi connectivity index (χ0v) is 20.7. The number of sulfone groups is 1. The predicted octanol–water partition coefficient (Wildman–Crippen LogP) is 2.80. The van der Waals surface area contributed by atoms with Crippen LogP contribution in [0, 0.1) is 0 Å². The second-order valence-corrected chi connectivity index (χ2v) is 11.4. The highest BCUT2D eigenvalue weighted by Crippen LogP contribution is 2.43. The number of benzene rings is 2. The van der Waals surface area contributed by atoms with Crippen molar-refractivity contribution in [2.45, 2.75) is 27.1 Å². The van der Waals surface area contributed by atoms with Crippen LogP contribution in [0.1, 0.15) is 17.2 Å². The smallest absolute Gasteiger partial charge is 0.328 e. The molecule has 1 atom stereocenters. The van der Waals surface area contributed by atoms with Crippen molar-refractivity contribution in [2.75, 3.05) is 39.5 Å². The standard InChI is InChI=1S/C20H24N2O2S2.C4H4O4/c1-21-9-11-22(12-10-21)18-13-15-5-3-4-6-19(15)25-20-8-7-16(14-17(18)20)26(2,23)24;5-3(6)1-2-4(7)8/h3-8,14,18H,9-13H2,1-2H3;1-2H,(H,5,6)(H,7,8)/b;2-1-. The van der Waals surface area contributed by atoms with Gasteiger partial charge in [0.2, 0.25) is 0 Å². The number of carbonyl (C=O) groups is 2. The molecule has 0 spiro atoms. The van der Waals surface area contributed by atoms with E-state index in [0.717, 1.165) is 38.2 Å². The summed E-state index contributed by atoms with van der Waals surface area (Å²) in [4.78, 5) is 26.8. The van der Waals surface area contributed by atoms with Crippen molar-refractivity contribution in [3.63, 3.8) is 0 Å². The van der Waals surface area contributed by atoms with Gasteiger partial charge in [0, 0.05) is 60.4 Å². The van der Waals surface area contributed by atoms with Gasteiger partial charge in [-0.25, -0.2) is 18.0 Å². The summed E-state index contributed by atoms with van der Waals surface area (Å²) in [6, 6.07) is 14.4. The molecule has 8 nitrogen and oxygen atoms in total. The third-order valence-electron chi connectivity index (χ3n) is 5.72. The molecule has 1 unspecified atom stereocenters. The molecular formula is C24H28N2O6S2. The zero-order chi connectivity index (χ0) is 24.9. The van der Waals surface area contributed by atoms with Gasteiger partial charge in [0.25, 0.3) is 0 Å². The van der Waals surface area contributed by atoms with Crippen molar-refractivity contribution in [1.29, 1.82) is 0 Å². The molecule has 182 valence electrons. The Morgan fingerprint density at radius 2 is 1.59 bits per heavy atom. The maximum Gasteiger partial charge on any atom is 0.328 e. The van der Waals surface area contributed by atoms with Crippen molar-refractivity contribution < 1.29 is 28.2 Å². The third-order valence-corrected chi connectivity index (χ3v) is 8.04. The molecule has 4 rings (SSSR count). The summed E-state index contributed by atoms with van der Waals surface area (Å²) >= 11 is 1.76. The summed E-state index contributed by atoms with van der Waals surface area (Å²) in [5.41, 5.74) is 2.50. The fourth-order valence-corrected chi connectivity index (χ4v) is 5.69. The molecule has 2 aliphatic rings. The zero-order valence-electron chi connectivity index (χ0n) is 19.0. The molecule has 2 heterocycles. The van der Waals surface area contributed by atoms with Crippen LogP contribution in [0.15, 0.2) is 69.3 Å². The van der Waals surface area contributed by atoms with E-state index in [1.807, 2.05) is 12.1 Å². The first-order chi connectivity index (χ1) is 16.0. The number of carboxylic acid groups (broad SMARTS) is 2. The molecule has 0 aromatic heterocycles. The average molecular weight is 505 g/mol. The first-order valence-corrected chi connectivity index (χ1v) is 13.4. The van der Waals surface area contributed by atoms with Crippen LogP contribution in [0.2, 0.25) is 0 Å². The molecule has 2 aromatic carbocycles. The van der Waals surface area contributed by atoms with Gasteiger partial charge in [-0.15, -0.1) is 0 Å². The highest BCUT2D eigenvalue weighted by molar-refractivity contribution is 7.99. The maximum absolute atomic E-state index is 12.1. The summed E-state index contributed by atoms with van der Waals surface area (Å²) in [5.74, 6) is -2.51. The maximum atomic E-state index is 12.1. The number of hydrogen-bond acceptors (Lipinski definition) is 7. The first-order valence-electron chi connectivity index (χ1n) is 10.7. The summed E-state index contributed by atoms with van der Waals surface area (Å²) in [6.07, 6.45) is 3.33. The van der Waals surface area contributed by atoms with E-state index in [1.165, 1.54) is 21.6 Å². The van der Waals surface area contributed by atoms with E-state index in [4.69, 9.17) is 10.2 Å². The minimum atomic E-state index is -3.21. The summed E-state index contributed by atoms with van der Waals surface area (Å²) in [6.45, 7) is 4.12. The van der Waals surface area contributed by atoms with E-state index in [9.17, 15) is 18.0 Å². The molecule has 0 amide bonds. The minimum Gasteiger partial charge on any atom is -0.478 e. The molecule has 2 aliphatic heterocycles. The third kappa shape index (κ3) is 6.92. The van der Waals surface area contributed by atoms with Gasteiger partial charge in [-0.3, -0.25) is 4.90 Å². The second-order valence-electron chi connectivity index (χ2n) is 8.25. The lowest BCUT2D eigenvalue weighted by atomic mass is 9.96. The topological polar surface area (TPSA) is 115 Å². The Bertz CT molecular complexity index is 1170. The van der Waals surface area contributed by atoms with Crippen molar-refractivity contribution in [3.05, 3.63) is 65.7 Å². The molecule has 0 bridgehead atoms. The van der Waals surface area contributed by atoms with E-state index in [1.54, 1.807) is 17.8 Å². The highest BCUT2D eigenvalue weighted by atomic mass is 32.2. The van der Waals surface area contributed by atoms with Crippen LogP contribution in [0.5, 0.6) is 0 Å². The number of piperazine rings is 1. The Morgan fingerprint density at radius 3 is 2.18 bits per heavy atom. The second kappa shape index (κ2) is 11.2. The van der Waals surface area contributed by atoms with Gasteiger partial charge >= 0.3 is 11.9 Å². The lowest BCUT2D eigenvalue weighted by Crippen LogP contribution is -2.46. The number of nitrogens with zero attached hydrogens (tertiary/aromatic N) is 2. The van der Waals surface area contributed by atoms with Gasteiger partial charge in [-0.2, -0.15) is 0 Å². The fraction of sp³-hybridized carbons (Fsp3) is 0.333. The molecule has 34 heavy (non-hydrogen) atoms. The number of likely N-dealkylation sites (N-methyl/N-ethyl adjacent to an activating group) is 1. The van der Waals surface area contributed by atoms with Crippen LogP contribution in [-0.4, -0.2) is 79.9 Å². The lowest BCUT2D eigenvalue weighted by Gasteiger charge is -2.38. The van der Waals surface area contributed by atoms with Gasteiger partial charge < -0.3 is 15.1 Å². The van der Waals surface area contributed by atoms with Gasteiger partial charge in [0.1, 0.15) is 0 Å². The van der Waals surface area contributed by atoms with Crippen LogP contribution < -0.4 is 0 Å². The van der Waals surface area contributed by atoms with Crippen molar-refractivity contribution >= 4 is 33.5 Å². The average Bonchev–Trinajstić information content (AvgIpc) is 2.94. The van der Waals surface area contributed by atoms with E-state index >= 15 is 0 Å². The normalized spacial score (nSPS) is 18.8. The molecule has 2 N–H and O–H groups in total. The Morgan fingerprint density at radius 1 is 0.971 bits per heavy atom. The predicted molar refractivity (Wildman–Crippen MR) is 130 cm³/mol. The summed E-state index contributed by atoms with van der Waals surface area (Å²) < 4.78 is 24.2. The molecule has 1 saturated heterocycles. The van der Waals surface area contributed by atoms with Gasteiger partial charge in [0.05, 0.1) is 4.90 Å². The van der Waals surface area contributed by atoms with Crippen molar-refractivity contribution in [2.24, 2.45) is 0 Å². The quantitative estimate of drug-likeness (QED) is 0.607. The molecular weight excluding hydrogens is 476 g/mol. The van der Waals surface area contributed by atoms with E-state index in [0.29, 0.717) is 17.0 Å². The Hall–Kier alpha value is -2.66. The lowest BCUT2D eigenvalue weighted by molar-refractivity contribution is -0.134. The van der Waals surface area contributed by atoms with E-state index in [-0.39, 0.29) is 6.04 Å². The van der Waals surface area contributed by atoms with Crippen LogP contribution in [0.4, 0.5) is 0 Å². The Labute approximate surface area is 203 Å². The van der Waals surface area contributed by atoms with Crippen LogP contribution in [-0.2, 0) is 25.8 Å². The van der Waals surface area contributed by atoms with Gasteiger partial charge in [0.15, 0.2) is 9.84 Å². The number of rotatable bonds is 4. The number of carboxylic acids is 2. The van der Waals surface area contributed by atoms with Crippen molar-refractivity contribution in [3.8, 4) is 0 Å². The van der Waals surface area contributed by atoms with Crippen LogP contribution in [0.3, 0.4) is 0 Å². The minimum absolute atomic E-state index is 0.219. The summed E-state index contributed by atoms with van der Waals surface area (Å²) in [7, 11) is -1.06. The largest absolute Gasteiger partial charge is 0.478 e. The monoisotopic (exact) mass is 504 g/mol. The molecule has 1 fully saturated rings. The number of fused-ring (bicyclic) bond motifs is 2. The molecule has 0 aliphatic carbocycles. The molecule has 2 aromatic rings.